The molecular formula is C20H25NO2. The van der Waals surface area contributed by atoms with Crippen molar-refractivity contribution in [1.82, 2.24) is 5.32 Å². The molecule has 2 fully saturated rings. The monoisotopic (exact) mass is 311 g/mol. The van der Waals surface area contributed by atoms with Crippen molar-refractivity contribution in [2.45, 2.75) is 63.5 Å². The van der Waals surface area contributed by atoms with Crippen molar-refractivity contribution in [2.24, 2.45) is 11.8 Å². The summed E-state index contributed by atoms with van der Waals surface area (Å²) < 4.78 is 0. The number of Topliss-reactive ketones (excluding diaryl/α,β-unsaturated/α-hetero) is 2. The van der Waals surface area contributed by atoms with Crippen LogP contribution in [0.25, 0.3) is 0 Å². The Morgan fingerprint density at radius 2 is 1.13 bits per heavy atom. The van der Waals surface area contributed by atoms with Crippen LogP contribution in [0.5, 0.6) is 0 Å². The number of hydrogen-bond acceptors (Lipinski definition) is 3. The topological polar surface area (TPSA) is 46.2 Å². The van der Waals surface area contributed by atoms with Crippen molar-refractivity contribution in [3.05, 3.63) is 35.4 Å². The van der Waals surface area contributed by atoms with Crippen molar-refractivity contribution >= 4 is 11.6 Å². The van der Waals surface area contributed by atoms with Gasteiger partial charge in [0.05, 0.1) is 0 Å². The lowest BCUT2D eigenvalue weighted by Crippen LogP contribution is -2.43. The van der Waals surface area contributed by atoms with Gasteiger partial charge >= 0.3 is 0 Å². The molecule has 0 radical (unpaired) electrons. The van der Waals surface area contributed by atoms with Gasteiger partial charge in [-0.1, -0.05) is 18.2 Å². The molecule has 0 atom stereocenters. The van der Waals surface area contributed by atoms with Crippen molar-refractivity contribution in [2.75, 3.05) is 0 Å². The summed E-state index contributed by atoms with van der Waals surface area (Å²) in [7, 11) is 0. The first-order chi connectivity index (χ1) is 11.2. The molecule has 1 aromatic rings. The molecule has 3 nitrogen and oxygen atoms in total. The van der Waals surface area contributed by atoms with Crippen molar-refractivity contribution < 1.29 is 9.59 Å². The first-order valence-electron chi connectivity index (χ1n) is 9.15. The van der Waals surface area contributed by atoms with Gasteiger partial charge in [-0.3, -0.25) is 9.59 Å². The molecule has 0 aromatic heterocycles. The molecule has 0 spiro atoms. The quantitative estimate of drug-likeness (QED) is 0.793. The molecule has 0 amide bonds. The number of rotatable bonds is 0. The number of carbonyl (C=O) groups excluding carboxylic acids is 2. The van der Waals surface area contributed by atoms with Gasteiger partial charge in [-0.2, -0.15) is 0 Å². The Balaban J connectivity index is 1.68. The van der Waals surface area contributed by atoms with E-state index < -0.39 is 0 Å². The fourth-order valence-electron chi connectivity index (χ4n) is 4.68. The minimum Gasteiger partial charge on any atom is -0.311 e. The Morgan fingerprint density at radius 1 is 0.696 bits per heavy atom. The van der Waals surface area contributed by atoms with E-state index in [1.54, 1.807) is 0 Å². The second-order valence-electron chi connectivity index (χ2n) is 7.57. The highest BCUT2D eigenvalue weighted by Crippen LogP contribution is 2.32. The van der Waals surface area contributed by atoms with Crippen LogP contribution in [0, 0.1) is 11.8 Å². The third-order valence-corrected chi connectivity index (χ3v) is 6.10. The summed E-state index contributed by atoms with van der Waals surface area (Å²) in [5.41, 5.74) is 1.47. The molecule has 2 aliphatic carbocycles. The van der Waals surface area contributed by atoms with Crippen LogP contribution in [-0.2, 0) is 0 Å². The third-order valence-electron chi connectivity index (χ3n) is 6.10. The van der Waals surface area contributed by atoms with Crippen LogP contribution in [0.3, 0.4) is 0 Å². The van der Waals surface area contributed by atoms with Crippen molar-refractivity contribution in [1.29, 1.82) is 0 Å². The summed E-state index contributed by atoms with van der Waals surface area (Å²) >= 11 is 0. The molecule has 23 heavy (non-hydrogen) atoms. The molecule has 2 saturated carbocycles. The second kappa shape index (κ2) is 6.20. The van der Waals surface area contributed by atoms with E-state index >= 15 is 0 Å². The van der Waals surface area contributed by atoms with E-state index in [9.17, 15) is 9.59 Å². The van der Waals surface area contributed by atoms with Crippen molar-refractivity contribution in [3.8, 4) is 0 Å². The Morgan fingerprint density at radius 3 is 1.57 bits per heavy atom. The summed E-state index contributed by atoms with van der Waals surface area (Å²) in [6, 6.07) is 8.62. The minimum absolute atomic E-state index is 0.138. The van der Waals surface area contributed by atoms with Crippen molar-refractivity contribution in [3.63, 3.8) is 0 Å². The summed E-state index contributed by atoms with van der Waals surface area (Å²) in [6.45, 7) is 0. The van der Waals surface area contributed by atoms with Crippen LogP contribution in [0.2, 0.25) is 0 Å². The van der Waals surface area contributed by atoms with E-state index in [-0.39, 0.29) is 23.4 Å². The Bertz CT molecular complexity index is 559. The summed E-state index contributed by atoms with van der Waals surface area (Å²) in [5.74, 6) is 0.748. The van der Waals surface area contributed by atoms with E-state index in [1.807, 2.05) is 24.3 Å². The molecule has 7 rings (SSSR count). The molecule has 1 aromatic carbocycles. The summed E-state index contributed by atoms with van der Waals surface area (Å²) in [4.78, 5) is 25.5. The average molecular weight is 311 g/mol. The highest BCUT2D eigenvalue weighted by atomic mass is 16.1. The highest BCUT2D eigenvalue weighted by molar-refractivity contribution is 6.03. The zero-order valence-corrected chi connectivity index (χ0v) is 13.6. The molecule has 6 bridgehead atoms. The highest BCUT2D eigenvalue weighted by Gasteiger charge is 2.32. The largest absolute Gasteiger partial charge is 0.311 e. The van der Waals surface area contributed by atoms with Gasteiger partial charge in [0.15, 0.2) is 11.6 Å². The van der Waals surface area contributed by atoms with Gasteiger partial charge in [-0.15, -0.1) is 0 Å². The van der Waals surface area contributed by atoms with Gasteiger partial charge in [0, 0.05) is 35.0 Å². The first-order valence-corrected chi connectivity index (χ1v) is 9.15. The molecule has 0 saturated heterocycles. The Kier molecular flexibility index (Phi) is 4.06. The molecular weight excluding hydrogens is 286 g/mol. The summed E-state index contributed by atoms with van der Waals surface area (Å²) in [5, 5.41) is 3.80. The second-order valence-corrected chi connectivity index (χ2v) is 7.57. The van der Waals surface area contributed by atoms with Gasteiger partial charge in [0.2, 0.25) is 0 Å². The third kappa shape index (κ3) is 2.99. The maximum absolute atomic E-state index is 12.8. The predicted octanol–water partition coefficient (Wildman–Crippen LogP) is 3.77. The number of carbonyl (C=O) groups is 2. The number of benzene rings is 1. The van der Waals surface area contributed by atoms with E-state index in [0.717, 1.165) is 62.5 Å². The van der Waals surface area contributed by atoms with E-state index in [2.05, 4.69) is 5.32 Å². The molecule has 3 heteroatoms. The molecule has 4 heterocycles. The Labute approximate surface area is 137 Å². The van der Waals surface area contributed by atoms with Gasteiger partial charge < -0.3 is 5.32 Å². The lowest BCUT2D eigenvalue weighted by atomic mass is 9.77. The smallest absolute Gasteiger partial charge is 0.165 e. The number of ketones is 2. The van der Waals surface area contributed by atoms with Crippen LogP contribution in [0.15, 0.2) is 24.3 Å². The molecule has 6 aliphatic rings. The normalized spacial score (nSPS) is 34.4. The lowest BCUT2D eigenvalue weighted by Gasteiger charge is -2.35. The minimum atomic E-state index is 0.138. The maximum Gasteiger partial charge on any atom is 0.165 e. The number of nitrogens with one attached hydrogen (secondary N) is 1. The molecule has 122 valence electrons. The lowest BCUT2D eigenvalue weighted by molar-refractivity contribution is 0.0859. The zero-order chi connectivity index (χ0) is 15.8. The zero-order valence-electron chi connectivity index (χ0n) is 13.6. The molecule has 0 unspecified atom stereocenters. The van der Waals surface area contributed by atoms with Gasteiger partial charge in [-0.25, -0.2) is 0 Å². The molecule has 4 aliphatic heterocycles. The molecule has 1 N–H and O–H groups in total. The predicted molar refractivity (Wildman–Crippen MR) is 89.7 cm³/mol. The number of hydrogen-bond donors (Lipinski definition) is 1. The summed E-state index contributed by atoms with van der Waals surface area (Å²) in [6.07, 6.45) is 8.33. The standard InChI is InChI=1S/C20H25NO2/c22-19-13-4-8-17(9-5-13)21-18-10-6-14(7-11-18)20(23)16-3-1-2-15(19)12-16/h1-3,12-14,17-18,21H,4-11H2. The Hall–Kier alpha value is -1.48. The van der Waals surface area contributed by atoms with Gasteiger partial charge in [0.1, 0.15) is 0 Å². The van der Waals surface area contributed by atoms with Crippen LogP contribution >= 0.6 is 0 Å². The van der Waals surface area contributed by atoms with Crippen LogP contribution in [0.4, 0.5) is 0 Å². The average Bonchev–Trinajstić information content (AvgIpc) is 2.61. The SMILES string of the molecule is O=C1c2cccc(c2)C(=O)C2CCC(CC2)NC2CCC1CC2. The maximum atomic E-state index is 12.8. The van der Waals surface area contributed by atoms with E-state index in [1.165, 1.54) is 0 Å². The van der Waals surface area contributed by atoms with Crippen LogP contribution in [0.1, 0.15) is 72.1 Å². The fourth-order valence-corrected chi connectivity index (χ4v) is 4.68. The van der Waals surface area contributed by atoms with Gasteiger partial charge in [0.25, 0.3) is 0 Å². The van der Waals surface area contributed by atoms with Crippen LogP contribution < -0.4 is 5.32 Å². The fraction of sp³-hybridized carbons (Fsp3) is 0.600. The first kappa shape index (κ1) is 15.1. The van der Waals surface area contributed by atoms with E-state index in [0.29, 0.717) is 12.1 Å². The van der Waals surface area contributed by atoms with Gasteiger partial charge in [-0.05, 0) is 57.4 Å². The van der Waals surface area contributed by atoms with E-state index in [4.69, 9.17) is 0 Å². The van der Waals surface area contributed by atoms with Crippen LogP contribution in [-0.4, -0.2) is 23.7 Å².